The Labute approximate surface area is 120 Å². The topological polar surface area (TPSA) is 116 Å². The molecule has 1 aromatic carbocycles. The molecule has 0 bridgehead atoms. The highest BCUT2D eigenvalue weighted by molar-refractivity contribution is 7.89. The van der Waals surface area contributed by atoms with Crippen LogP contribution in [0.15, 0.2) is 23.1 Å². The van der Waals surface area contributed by atoms with Gasteiger partial charge < -0.3 is 4.74 Å². The van der Waals surface area contributed by atoms with E-state index in [-0.39, 0.29) is 6.61 Å². The Bertz CT molecular complexity index is 661. The predicted octanol–water partition coefficient (Wildman–Crippen LogP) is 0.964. The van der Waals surface area contributed by atoms with Crippen LogP contribution in [-0.4, -0.2) is 32.0 Å². The van der Waals surface area contributed by atoms with E-state index in [1.54, 1.807) is 6.92 Å². The lowest BCUT2D eigenvalue weighted by Gasteiger charge is -2.13. The van der Waals surface area contributed by atoms with Gasteiger partial charge in [0.25, 0.3) is 0 Å². The number of nitro groups is 1. The largest absolute Gasteiger partial charge is 0.465 e. The number of nitro benzene ring substituents is 1. The van der Waals surface area contributed by atoms with Crippen molar-refractivity contribution >= 4 is 21.7 Å². The lowest BCUT2D eigenvalue weighted by atomic mass is 10.3. The monoisotopic (exact) mass is 320 g/mol. The van der Waals surface area contributed by atoms with Crippen LogP contribution in [0.3, 0.4) is 0 Å². The van der Waals surface area contributed by atoms with Crippen LogP contribution < -0.4 is 4.72 Å². The number of carbonyl (C=O) groups excluding carboxylic acids is 1. The van der Waals surface area contributed by atoms with Crippen LogP contribution in [0.25, 0.3) is 0 Å². The normalized spacial score (nSPS) is 12.7. The van der Waals surface area contributed by atoms with Gasteiger partial charge in [0, 0.05) is 6.07 Å². The Hall–Kier alpha value is -2.07. The number of ether oxygens (including phenoxy) is 1. The van der Waals surface area contributed by atoms with E-state index in [1.165, 1.54) is 6.92 Å². The molecule has 10 heteroatoms. The Balaban J connectivity index is 3.06. The van der Waals surface area contributed by atoms with Gasteiger partial charge >= 0.3 is 11.7 Å². The third-order valence-electron chi connectivity index (χ3n) is 2.40. The maximum Gasteiger partial charge on any atom is 0.323 e. The molecule has 1 unspecified atom stereocenters. The molecule has 0 saturated heterocycles. The lowest BCUT2D eigenvalue weighted by Crippen LogP contribution is -2.39. The average molecular weight is 320 g/mol. The van der Waals surface area contributed by atoms with E-state index >= 15 is 0 Å². The van der Waals surface area contributed by atoms with Gasteiger partial charge in [-0.15, -0.1) is 0 Å². The van der Waals surface area contributed by atoms with Crippen molar-refractivity contribution in [2.24, 2.45) is 0 Å². The maximum atomic E-state index is 13.2. The van der Waals surface area contributed by atoms with E-state index in [0.29, 0.717) is 12.1 Å². The minimum Gasteiger partial charge on any atom is -0.465 e. The van der Waals surface area contributed by atoms with Crippen LogP contribution in [0.5, 0.6) is 0 Å². The van der Waals surface area contributed by atoms with Crippen molar-refractivity contribution in [2.45, 2.75) is 24.8 Å². The van der Waals surface area contributed by atoms with E-state index in [4.69, 9.17) is 0 Å². The van der Waals surface area contributed by atoms with Gasteiger partial charge in [-0.25, -0.2) is 8.42 Å². The number of esters is 1. The van der Waals surface area contributed by atoms with Crippen molar-refractivity contribution in [3.63, 3.8) is 0 Å². The molecule has 0 radical (unpaired) electrons. The van der Waals surface area contributed by atoms with E-state index in [9.17, 15) is 27.7 Å². The molecule has 1 atom stereocenters. The molecular weight excluding hydrogens is 307 g/mol. The van der Waals surface area contributed by atoms with Gasteiger partial charge in [-0.2, -0.15) is 9.11 Å². The van der Waals surface area contributed by atoms with Crippen molar-refractivity contribution in [3.8, 4) is 0 Å². The molecule has 0 aromatic heterocycles. The van der Waals surface area contributed by atoms with Crippen molar-refractivity contribution < 1.29 is 27.3 Å². The quantitative estimate of drug-likeness (QED) is 0.474. The van der Waals surface area contributed by atoms with Crippen LogP contribution in [0, 0.1) is 15.9 Å². The van der Waals surface area contributed by atoms with E-state index in [0.717, 1.165) is 6.07 Å². The molecular formula is C11H13FN2O6S. The molecule has 1 rings (SSSR count). The van der Waals surface area contributed by atoms with Gasteiger partial charge in [-0.3, -0.25) is 14.9 Å². The van der Waals surface area contributed by atoms with Crippen LogP contribution >= 0.6 is 0 Å². The molecule has 8 nitrogen and oxygen atoms in total. The molecule has 1 N–H and O–H groups in total. The Morgan fingerprint density at radius 3 is 2.67 bits per heavy atom. The summed E-state index contributed by atoms with van der Waals surface area (Å²) in [7, 11) is -4.22. The summed E-state index contributed by atoms with van der Waals surface area (Å²) in [5, 5.41) is 10.6. The number of nitrogens with one attached hydrogen (secondary N) is 1. The number of benzene rings is 1. The van der Waals surface area contributed by atoms with Gasteiger partial charge in [0.2, 0.25) is 15.8 Å². The SMILES string of the molecule is CCOC(=O)C(C)NS(=O)(=O)c1ccc(F)c([N+](=O)[O-])c1. The number of halogens is 1. The summed E-state index contributed by atoms with van der Waals surface area (Å²) < 4.78 is 43.7. The standard InChI is InChI=1S/C11H13FN2O6S/c1-3-20-11(15)7(2)13-21(18,19)8-4-5-9(12)10(6-8)14(16)17/h4-7,13H,3H2,1-2H3. The van der Waals surface area contributed by atoms with Crippen molar-refractivity contribution in [1.82, 2.24) is 4.72 Å². The molecule has 1 aromatic rings. The summed E-state index contributed by atoms with van der Waals surface area (Å²) in [5.74, 6) is -1.95. The van der Waals surface area contributed by atoms with E-state index < -0.39 is 43.4 Å². The summed E-state index contributed by atoms with van der Waals surface area (Å²) in [6.07, 6.45) is 0. The molecule has 0 spiro atoms. The fraction of sp³-hybridized carbons (Fsp3) is 0.364. The molecule has 0 aliphatic heterocycles. The number of rotatable bonds is 6. The van der Waals surface area contributed by atoms with Crippen LogP contribution in [0.2, 0.25) is 0 Å². The second kappa shape index (κ2) is 6.59. The van der Waals surface area contributed by atoms with Gasteiger partial charge in [0.05, 0.1) is 16.4 Å². The Morgan fingerprint density at radius 1 is 1.52 bits per heavy atom. The summed E-state index contributed by atoms with van der Waals surface area (Å²) in [4.78, 5) is 20.4. The predicted molar refractivity (Wildman–Crippen MR) is 69.5 cm³/mol. The van der Waals surface area contributed by atoms with E-state index in [1.807, 2.05) is 4.72 Å². The molecule has 0 aliphatic carbocycles. The second-order valence-corrected chi connectivity index (χ2v) is 5.68. The number of hydrogen-bond donors (Lipinski definition) is 1. The third kappa shape index (κ3) is 4.20. The zero-order valence-corrected chi connectivity index (χ0v) is 12.0. The minimum absolute atomic E-state index is 0.0763. The highest BCUT2D eigenvalue weighted by Gasteiger charge is 2.25. The van der Waals surface area contributed by atoms with Gasteiger partial charge in [-0.1, -0.05) is 0 Å². The zero-order chi connectivity index (χ0) is 16.2. The first kappa shape index (κ1) is 17.0. The second-order valence-electron chi connectivity index (χ2n) is 3.97. The smallest absolute Gasteiger partial charge is 0.323 e. The minimum atomic E-state index is -4.22. The van der Waals surface area contributed by atoms with Gasteiger partial charge in [0.1, 0.15) is 6.04 Å². The summed E-state index contributed by atoms with van der Waals surface area (Å²) in [6, 6.07) is 0.929. The molecule has 0 fully saturated rings. The molecule has 21 heavy (non-hydrogen) atoms. The molecule has 0 aliphatic rings. The zero-order valence-electron chi connectivity index (χ0n) is 11.2. The fourth-order valence-electron chi connectivity index (χ4n) is 1.42. The average Bonchev–Trinajstić information content (AvgIpc) is 2.38. The highest BCUT2D eigenvalue weighted by atomic mass is 32.2. The summed E-state index contributed by atoms with van der Waals surface area (Å²) in [5.41, 5.74) is -0.971. The summed E-state index contributed by atoms with van der Waals surface area (Å²) >= 11 is 0. The van der Waals surface area contributed by atoms with Crippen LogP contribution in [0.4, 0.5) is 10.1 Å². The van der Waals surface area contributed by atoms with E-state index in [2.05, 4.69) is 4.74 Å². The van der Waals surface area contributed by atoms with Crippen molar-refractivity contribution in [2.75, 3.05) is 6.61 Å². The Kier molecular flexibility index (Phi) is 5.33. The lowest BCUT2D eigenvalue weighted by molar-refractivity contribution is -0.387. The first-order valence-electron chi connectivity index (χ1n) is 5.82. The van der Waals surface area contributed by atoms with Crippen LogP contribution in [-0.2, 0) is 19.6 Å². The van der Waals surface area contributed by atoms with Gasteiger partial charge in [-0.05, 0) is 26.0 Å². The first-order valence-corrected chi connectivity index (χ1v) is 7.30. The molecule has 0 heterocycles. The number of hydrogen-bond acceptors (Lipinski definition) is 6. The van der Waals surface area contributed by atoms with Crippen molar-refractivity contribution in [1.29, 1.82) is 0 Å². The number of carbonyl (C=O) groups is 1. The molecule has 0 saturated carbocycles. The Morgan fingerprint density at radius 2 is 2.14 bits per heavy atom. The number of sulfonamides is 1. The number of nitrogens with zero attached hydrogens (tertiary/aromatic N) is 1. The molecule has 116 valence electrons. The van der Waals surface area contributed by atoms with Crippen molar-refractivity contribution in [3.05, 3.63) is 34.1 Å². The first-order chi connectivity index (χ1) is 9.69. The maximum absolute atomic E-state index is 13.2. The molecule has 0 amide bonds. The van der Waals surface area contributed by atoms with Gasteiger partial charge in [0.15, 0.2) is 0 Å². The third-order valence-corrected chi connectivity index (χ3v) is 3.94. The highest BCUT2D eigenvalue weighted by Crippen LogP contribution is 2.21. The van der Waals surface area contributed by atoms with Crippen LogP contribution in [0.1, 0.15) is 13.8 Å². The fourth-order valence-corrected chi connectivity index (χ4v) is 2.63. The summed E-state index contributed by atoms with van der Waals surface area (Å²) in [6.45, 7) is 2.89.